The van der Waals surface area contributed by atoms with Gasteiger partial charge in [-0.2, -0.15) is 13.2 Å². The number of rotatable bonds is 5. The third kappa shape index (κ3) is 3.73. The largest absolute Gasteiger partial charge is 0.481 e. The Bertz CT molecular complexity index is 718. The smallest absolute Gasteiger partial charge is 0.425 e. The highest BCUT2D eigenvalue weighted by Crippen LogP contribution is 2.55. The second-order valence-electron chi connectivity index (χ2n) is 8.47. The summed E-state index contributed by atoms with van der Waals surface area (Å²) in [6, 6.07) is 6.64. The fraction of sp³-hybridized carbons (Fsp3) is 0.650. The molecule has 0 saturated heterocycles. The number of hydrogen-bond donors (Lipinski definition) is 2. The van der Waals surface area contributed by atoms with Crippen molar-refractivity contribution in [3.63, 3.8) is 0 Å². The monoisotopic (exact) mass is 382 g/mol. The lowest BCUT2D eigenvalue weighted by Gasteiger charge is -2.54. The van der Waals surface area contributed by atoms with E-state index in [9.17, 15) is 18.0 Å². The molecule has 148 valence electrons. The molecule has 3 saturated carbocycles. The third-order valence-corrected chi connectivity index (χ3v) is 6.37. The Morgan fingerprint density at radius 2 is 1.93 bits per heavy atom. The second-order valence-corrected chi connectivity index (χ2v) is 8.47. The van der Waals surface area contributed by atoms with Gasteiger partial charge in [0.25, 0.3) is 0 Å². The van der Waals surface area contributed by atoms with E-state index in [-0.39, 0.29) is 17.8 Å². The summed E-state index contributed by atoms with van der Waals surface area (Å²) in [6.07, 6.45) is 1.23. The van der Waals surface area contributed by atoms with Gasteiger partial charge >= 0.3 is 12.2 Å². The SMILES string of the molecule is C[C@@H](Oc1cccc(C2(NC(=O)NC3CC4(CCC4)C3)CC2)c1)C(F)(F)F. The number of amides is 2. The van der Waals surface area contributed by atoms with Crippen molar-refractivity contribution in [2.45, 2.75) is 75.7 Å². The molecule has 0 bridgehead atoms. The first kappa shape index (κ1) is 18.4. The van der Waals surface area contributed by atoms with Crippen molar-refractivity contribution >= 4 is 6.03 Å². The van der Waals surface area contributed by atoms with Crippen LogP contribution in [0.15, 0.2) is 24.3 Å². The third-order valence-electron chi connectivity index (χ3n) is 6.37. The molecular weight excluding hydrogens is 357 g/mol. The molecule has 3 aliphatic carbocycles. The molecule has 1 aromatic carbocycles. The van der Waals surface area contributed by atoms with Crippen LogP contribution in [-0.2, 0) is 5.54 Å². The van der Waals surface area contributed by atoms with Gasteiger partial charge in [-0.3, -0.25) is 0 Å². The molecule has 0 unspecified atom stereocenters. The molecular formula is C20H25F3N2O2. The van der Waals surface area contributed by atoms with Gasteiger partial charge in [0, 0.05) is 6.04 Å². The maximum atomic E-state index is 12.7. The van der Waals surface area contributed by atoms with E-state index < -0.39 is 17.8 Å². The van der Waals surface area contributed by atoms with E-state index in [4.69, 9.17) is 4.74 Å². The second kappa shape index (κ2) is 6.31. The Labute approximate surface area is 156 Å². The van der Waals surface area contributed by atoms with Gasteiger partial charge in [0.2, 0.25) is 0 Å². The molecule has 1 aromatic rings. The van der Waals surface area contributed by atoms with Gasteiger partial charge in [-0.15, -0.1) is 0 Å². The Morgan fingerprint density at radius 3 is 2.48 bits per heavy atom. The van der Waals surface area contributed by atoms with Crippen molar-refractivity contribution in [1.82, 2.24) is 10.6 Å². The first-order valence-electron chi connectivity index (χ1n) is 9.62. The van der Waals surface area contributed by atoms with Crippen molar-refractivity contribution in [1.29, 1.82) is 0 Å². The molecule has 0 heterocycles. The molecule has 4 nitrogen and oxygen atoms in total. The van der Waals surface area contributed by atoms with E-state index in [0.717, 1.165) is 38.2 Å². The van der Waals surface area contributed by atoms with Gasteiger partial charge in [0.15, 0.2) is 6.10 Å². The van der Waals surface area contributed by atoms with Crippen LogP contribution < -0.4 is 15.4 Å². The van der Waals surface area contributed by atoms with Crippen LogP contribution in [0, 0.1) is 5.41 Å². The minimum Gasteiger partial charge on any atom is -0.481 e. The quantitative estimate of drug-likeness (QED) is 0.780. The summed E-state index contributed by atoms with van der Waals surface area (Å²) >= 11 is 0. The topological polar surface area (TPSA) is 50.4 Å². The first-order chi connectivity index (χ1) is 12.7. The molecule has 0 aliphatic heterocycles. The van der Waals surface area contributed by atoms with Crippen LogP contribution in [-0.4, -0.2) is 24.4 Å². The van der Waals surface area contributed by atoms with E-state index in [0.29, 0.717) is 5.41 Å². The number of carbonyl (C=O) groups excluding carboxylic acids is 1. The maximum Gasteiger partial charge on any atom is 0.425 e. The summed E-state index contributed by atoms with van der Waals surface area (Å²) in [5.74, 6) is 0.164. The lowest BCUT2D eigenvalue weighted by atomic mass is 9.54. The minimum absolute atomic E-state index is 0.164. The predicted octanol–water partition coefficient (Wildman–Crippen LogP) is 4.64. The molecule has 0 aromatic heterocycles. The van der Waals surface area contributed by atoms with E-state index >= 15 is 0 Å². The lowest BCUT2D eigenvalue weighted by molar-refractivity contribution is -0.189. The molecule has 1 atom stereocenters. The van der Waals surface area contributed by atoms with Gasteiger partial charge in [-0.25, -0.2) is 4.79 Å². The zero-order valence-electron chi connectivity index (χ0n) is 15.4. The molecule has 2 N–H and O–H groups in total. The Balaban J connectivity index is 1.35. The van der Waals surface area contributed by atoms with E-state index in [1.807, 2.05) is 6.07 Å². The van der Waals surface area contributed by atoms with Crippen LogP contribution in [0.3, 0.4) is 0 Å². The number of alkyl halides is 3. The van der Waals surface area contributed by atoms with E-state index in [1.54, 1.807) is 12.1 Å². The van der Waals surface area contributed by atoms with Crippen LogP contribution in [0.5, 0.6) is 5.75 Å². The predicted molar refractivity (Wildman–Crippen MR) is 94.5 cm³/mol. The van der Waals surface area contributed by atoms with Gasteiger partial charge < -0.3 is 15.4 Å². The average Bonchev–Trinajstić information content (AvgIpc) is 3.28. The number of urea groups is 1. The van der Waals surface area contributed by atoms with Gasteiger partial charge in [-0.05, 0) is 68.6 Å². The summed E-state index contributed by atoms with van der Waals surface area (Å²) in [5.41, 5.74) is 0.785. The Morgan fingerprint density at radius 1 is 1.22 bits per heavy atom. The molecule has 3 aliphatic rings. The fourth-order valence-corrected chi connectivity index (χ4v) is 4.36. The highest BCUT2D eigenvalue weighted by atomic mass is 19.4. The van der Waals surface area contributed by atoms with Gasteiger partial charge in [0.05, 0.1) is 5.54 Å². The highest BCUT2D eigenvalue weighted by Gasteiger charge is 2.50. The molecule has 27 heavy (non-hydrogen) atoms. The highest BCUT2D eigenvalue weighted by molar-refractivity contribution is 5.76. The van der Waals surface area contributed by atoms with Gasteiger partial charge in [-0.1, -0.05) is 18.6 Å². The summed E-state index contributed by atoms with van der Waals surface area (Å²) < 4.78 is 43.2. The molecule has 4 rings (SSSR count). The normalized spacial score (nSPS) is 23.7. The maximum absolute atomic E-state index is 12.7. The standard InChI is InChI=1S/C20H25F3N2O2/c1-13(20(21,22)23)27-16-5-2-4-14(10-16)19(8-9-19)25-17(26)24-15-11-18(12-15)6-3-7-18/h2,4-5,10,13,15H,3,6-9,11-12H2,1H3,(H2,24,25,26)/t13-/m1/s1. The van der Waals surface area contributed by atoms with Crippen LogP contribution in [0.4, 0.5) is 18.0 Å². The minimum atomic E-state index is -4.41. The van der Waals surface area contributed by atoms with Gasteiger partial charge in [0.1, 0.15) is 5.75 Å². The number of hydrogen-bond acceptors (Lipinski definition) is 2. The molecule has 1 spiro atoms. The van der Waals surface area contributed by atoms with Crippen molar-refractivity contribution in [2.75, 3.05) is 0 Å². The summed E-state index contributed by atoms with van der Waals surface area (Å²) in [6.45, 7) is 0.985. The number of halogens is 3. The zero-order chi connectivity index (χ0) is 19.3. The van der Waals surface area contributed by atoms with E-state index in [1.165, 1.54) is 25.3 Å². The fourth-order valence-electron chi connectivity index (χ4n) is 4.36. The number of ether oxygens (including phenoxy) is 1. The van der Waals surface area contributed by atoms with Crippen LogP contribution in [0.2, 0.25) is 0 Å². The lowest BCUT2D eigenvalue weighted by Crippen LogP contribution is -2.56. The van der Waals surface area contributed by atoms with Crippen molar-refractivity contribution < 1.29 is 22.7 Å². The summed E-state index contributed by atoms with van der Waals surface area (Å²) in [5, 5.41) is 6.07. The Kier molecular flexibility index (Phi) is 4.31. The Hall–Kier alpha value is -1.92. The summed E-state index contributed by atoms with van der Waals surface area (Å²) in [7, 11) is 0. The van der Waals surface area contributed by atoms with Crippen LogP contribution in [0.1, 0.15) is 57.4 Å². The number of benzene rings is 1. The van der Waals surface area contributed by atoms with E-state index in [2.05, 4.69) is 10.6 Å². The number of nitrogens with one attached hydrogen (secondary N) is 2. The van der Waals surface area contributed by atoms with Crippen LogP contribution in [0.25, 0.3) is 0 Å². The average molecular weight is 382 g/mol. The van der Waals surface area contributed by atoms with Crippen molar-refractivity contribution in [3.8, 4) is 5.75 Å². The van der Waals surface area contributed by atoms with Crippen LogP contribution >= 0.6 is 0 Å². The zero-order valence-corrected chi connectivity index (χ0v) is 15.4. The molecule has 0 radical (unpaired) electrons. The first-order valence-corrected chi connectivity index (χ1v) is 9.62. The van der Waals surface area contributed by atoms with Crippen molar-refractivity contribution in [2.24, 2.45) is 5.41 Å². The van der Waals surface area contributed by atoms with Crippen molar-refractivity contribution in [3.05, 3.63) is 29.8 Å². The molecule has 2 amide bonds. The molecule has 3 fully saturated rings. The molecule has 7 heteroatoms. The summed E-state index contributed by atoms with van der Waals surface area (Å²) in [4.78, 5) is 12.4. The number of carbonyl (C=O) groups is 1.